The van der Waals surface area contributed by atoms with Crippen LogP contribution < -0.4 is 14.2 Å². The summed E-state index contributed by atoms with van der Waals surface area (Å²) >= 11 is 1.14. The Morgan fingerprint density at radius 3 is 2.48 bits per heavy atom. The van der Waals surface area contributed by atoms with Gasteiger partial charge in [0.15, 0.2) is 0 Å². The van der Waals surface area contributed by atoms with Crippen LogP contribution >= 0.6 is 11.3 Å². The van der Waals surface area contributed by atoms with Crippen LogP contribution in [0.4, 0.5) is 5.69 Å². The standard InChI is InChI=1S/C33H45N3O9S3/c1-23-20-36(24(2)22-37)33(38)29-19-26(34-47(39,40)28-14-12-27(43-5)13-15-28)11-16-30(29)45-25(3)9-6-7-17-44-31(23)21-35(4)48(41,42)32-10-8-18-46-32/h8,10-16,18-19,23-25,31,34,37H,6-7,9,17,20-22H2,1-5H3/t23-,24-,25-,31-/m0/s1. The Morgan fingerprint density at radius 1 is 1.10 bits per heavy atom. The number of anilines is 1. The Morgan fingerprint density at radius 2 is 1.83 bits per heavy atom. The van der Waals surface area contributed by atoms with Crippen molar-refractivity contribution in [2.75, 3.05) is 45.2 Å². The smallest absolute Gasteiger partial charge is 0.261 e. The van der Waals surface area contributed by atoms with E-state index in [1.54, 1.807) is 48.7 Å². The number of likely N-dealkylation sites (N-methyl/N-ethyl adjacent to an activating group) is 1. The lowest BCUT2D eigenvalue weighted by Gasteiger charge is -2.35. The number of aliphatic hydroxyl groups excluding tert-OH is 1. The van der Waals surface area contributed by atoms with Gasteiger partial charge in [0.2, 0.25) is 0 Å². The molecule has 0 aliphatic carbocycles. The number of fused-ring (bicyclic) bond motifs is 1. The fraction of sp³-hybridized carbons (Fsp3) is 0.485. The highest BCUT2D eigenvalue weighted by atomic mass is 32.2. The zero-order valence-electron chi connectivity index (χ0n) is 27.9. The number of sulfonamides is 2. The summed E-state index contributed by atoms with van der Waals surface area (Å²) in [5.74, 6) is -0.0411. The van der Waals surface area contributed by atoms with E-state index in [-0.39, 0.29) is 57.8 Å². The number of hydrogen-bond donors (Lipinski definition) is 2. The molecule has 0 fully saturated rings. The third-order valence-corrected chi connectivity index (χ3v) is 12.9. The maximum atomic E-state index is 14.4. The number of rotatable bonds is 10. The van der Waals surface area contributed by atoms with Gasteiger partial charge in [0, 0.05) is 38.3 Å². The molecule has 3 aromatic rings. The van der Waals surface area contributed by atoms with E-state index in [1.165, 1.54) is 41.6 Å². The second-order valence-corrected chi connectivity index (χ2v) is 16.9. The van der Waals surface area contributed by atoms with Crippen LogP contribution in [-0.4, -0.2) is 95.8 Å². The fourth-order valence-electron chi connectivity index (χ4n) is 5.33. The maximum absolute atomic E-state index is 14.4. The summed E-state index contributed by atoms with van der Waals surface area (Å²) in [6, 6.07) is 13.1. The number of thiophene rings is 1. The molecule has 0 spiro atoms. The first-order valence-electron chi connectivity index (χ1n) is 15.8. The summed E-state index contributed by atoms with van der Waals surface area (Å²) in [4.78, 5) is 15.9. The highest BCUT2D eigenvalue weighted by molar-refractivity contribution is 7.92. The molecule has 0 radical (unpaired) electrons. The predicted molar refractivity (Wildman–Crippen MR) is 185 cm³/mol. The van der Waals surface area contributed by atoms with Gasteiger partial charge >= 0.3 is 0 Å². The number of benzene rings is 2. The van der Waals surface area contributed by atoms with Gasteiger partial charge in [-0.1, -0.05) is 13.0 Å². The van der Waals surface area contributed by atoms with Crippen LogP contribution in [0.25, 0.3) is 0 Å². The quantitative estimate of drug-likeness (QED) is 0.304. The van der Waals surface area contributed by atoms with Crippen molar-refractivity contribution in [1.82, 2.24) is 9.21 Å². The molecule has 1 aliphatic rings. The SMILES string of the molecule is COc1ccc(S(=O)(=O)Nc2ccc3c(c2)C(=O)N([C@@H](C)CO)C[C@H](C)[C@H](CN(C)S(=O)(=O)c2cccs2)OCCCC[C@H](C)O3)cc1. The lowest BCUT2D eigenvalue weighted by molar-refractivity contribution is -0.00832. The van der Waals surface area contributed by atoms with Crippen molar-refractivity contribution < 1.29 is 40.9 Å². The van der Waals surface area contributed by atoms with Gasteiger partial charge in [-0.05, 0) is 87.0 Å². The van der Waals surface area contributed by atoms with Crippen LogP contribution in [0.1, 0.15) is 50.4 Å². The highest BCUT2D eigenvalue weighted by Gasteiger charge is 2.33. The molecule has 264 valence electrons. The maximum Gasteiger partial charge on any atom is 0.261 e. The second kappa shape index (κ2) is 16.5. The number of nitrogens with one attached hydrogen (secondary N) is 1. The molecule has 48 heavy (non-hydrogen) atoms. The third-order valence-electron chi connectivity index (χ3n) is 8.27. The Balaban J connectivity index is 1.67. The molecular weight excluding hydrogens is 679 g/mol. The summed E-state index contributed by atoms with van der Waals surface area (Å²) < 4.78 is 74.7. The predicted octanol–water partition coefficient (Wildman–Crippen LogP) is 4.67. The van der Waals surface area contributed by atoms with Crippen molar-refractivity contribution in [1.29, 1.82) is 0 Å². The topological polar surface area (TPSA) is 152 Å². The Hall–Kier alpha value is -3.21. The van der Waals surface area contributed by atoms with E-state index < -0.39 is 38.1 Å². The Bertz CT molecular complexity index is 1720. The summed E-state index contributed by atoms with van der Waals surface area (Å²) in [6.07, 6.45) is 1.30. The van der Waals surface area contributed by atoms with E-state index in [2.05, 4.69) is 4.72 Å². The molecule has 0 bridgehead atoms. The molecule has 1 aliphatic heterocycles. The number of ether oxygens (including phenoxy) is 3. The first-order chi connectivity index (χ1) is 22.8. The van der Waals surface area contributed by atoms with E-state index in [4.69, 9.17) is 14.2 Å². The lowest BCUT2D eigenvalue weighted by Crippen LogP contribution is -2.48. The summed E-state index contributed by atoms with van der Waals surface area (Å²) in [7, 11) is -4.76. The summed E-state index contributed by atoms with van der Waals surface area (Å²) in [6.45, 7) is 5.71. The molecule has 15 heteroatoms. The van der Waals surface area contributed by atoms with Crippen LogP contribution in [0, 0.1) is 5.92 Å². The fourth-order valence-corrected chi connectivity index (χ4v) is 8.77. The monoisotopic (exact) mass is 723 g/mol. The molecule has 4 atom stereocenters. The van der Waals surface area contributed by atoms with Crippen LogP contribution in [0.5, 0.6) is 11.5 Å². The molecule has 0 unspecified atom stereocenters. The van der Waals surface area contributed by atoms with Crippen molar-refractivity contribution in [3.05, 3.63) is 65.5 Å². The Kier molecular flexibility index (Phi) is 12.9. The molecule has 0 saturated heterocycles. The first kappa shape index (κ1) is 37.6. The molecule has 2 aromatic carbocycles. The van der Waals surface area contributed by atoms with Gasteiger partial charge < -0.3 is 24.2 Å². The summed E-state index contributed by atoms with van der Waals surface area (Å²) in [5, 5.41) is 11.9. The van der Waals surface area contributed by atoms with Crippen LogP contribution in [-0.2, 0) is 24.8 Å². The average molecular weight is 724 g/mol. The molecule has 1 amide bonds. The van der Waals surface area contributed by atoms with Crippen molar-refractivity contribution in [3.8, 4) is 11.5 Å². The minimum absolute atomic E-state index is 0.0149. The molecule has 0 saturated carbocycles. The summed E-state index contributed by atoms with van der Waals surface area (Å²) in [5.41, 5.74) is 0.276. The zero-order valence-corrected chi connectivity index (χ0v) is 30.3. The lowest BCUT2D eigenvalue weighted by atomic mass is 10.0. The third kappa shape index (κ3) is 9.27. The number of amides is 1. The van der Waals surface area contributed by atoms with Gasteiger partial charge in [0.1, 0.15) is 15.7 Å². The van der Waals surface area contributed by atoms with E-state index in [0.717, 1.165) is 17.8 Å². The van der Waals surface area contributed by atoms with E-state index in [1.807, 2.05) is 13.8 Å². The van der Waals surface area contributed by atoms with Gasteiger partial charge in [0.05, 0.1) is 42.4 Å². The zero-order chi connectivity index (χ0) is 35.1. The van der Waals surface area contributed by atoms with E-state index in [9.17, 15) is 26.7 Å². The molecule has 12 nitrogen and oxygen atoms in total. The van der Waals surface area contributed by atoms with Crippen LogP contribution in [0.15, 0.2) is 69.1 Å². The van der Waals surface area contributed by atoms with Gasteiger partial charge in [0.25, 0.3) is 26.0 Å². The number of carbonyl (C=O) groups is 1. The average Bonchev–Trinajstić information content (AvgIpc) is 3.62. The minimum Gasteiger partial charge on any atom is -0.497 e. The van der Waals surface area contributed by atoms with Gasteiger partial charge in [-0.2, -0.15) is 4.31 Å². The number of hydrogen-bond acceptors (Lipinski definition) is 10. The number of aliphatic hydroxyl groups is 1. The number of nitrogens with zero attached hydrogens (tertiary/aromatic N) is 2. The normalized spacial score (nSPS) is 20.8. The molecule has 2 heterocycles. The van der Waals surface area contributed by atoms with Crippen molar-refractivity contribution >= 4 is 43.0 Å². The number of carbonyl (C=O) groups excluding carboxylic acids is 1. The van der Waals surface area contributed by atoms with Gasteiger partial charge in [-0.15, -0.1) is 11.3 Å². The van der Waals surface area contributed by atoms with Gasteiger partial charge in [-0.25, -0.2) is 16.8 Å². The highest BCUT2D eigenvalue weighted by Crippen LogP contribution is 2.30. The molecule has 2 N–H and O–H groups in total. The Labute approximate surface area is 287 Å². The number of methoxy groups -OCH3 is 1. The minimum atomic E-state index is -4.01. The van der Waals surface area contributed by atoms with Gasteiger partial charge in [-0.3, -0.25) is 9.52 Å². The molecular formula is C33H45N3O9S3. The second-order valence-electron chi connectivity index (χ2n) is 12.0. The van der Waals surface area contributed by atoms with Crippen molar-refractivity contribution in [2.45, 2.75) is 67.4 Å². The van der Waals surface area contributed by atoms with E-state index in [0.29, 0.717) is 25.2 Å². The van der Waals surface area contributed by atoms with Crippen molar-refractivity contribution in [2.24, 2.45) is 5.92 Å². The largest absolute Gasteiger partial charge is 0.497 e. The van der Waals surface area contributed by atoms with Crippen LogP contribution in [0.3, 0.4) is 0 Å². The molecule has 4 rings (SSSR count). The first-order valence-corrected chi connectivity index (χ1v) is 19.6. The van der Waals surface area contributed by atoms with Crippen LogP contribution in [0.2, 0.25) is 0 Å². The van der Waals surface area contributed by atoms with Crippen molar-refractivity contribution in [3.63, 3.8) is 0 Å². The van der Waals surface area contributed by atoms with E-state index >= 15 is 0 Å². The molecule has 1 aromatic heterocycles.